The molecular weight excluding hydrogens is 647 g/mol. The molecule has 0 bridgehead atoms. The summed E-state index contributed by atoms with van der Waals surface area (Å²) in [5, 5.41) is 9.68. The maximum atomic E-state index is 10.0. The Bertz CT molecular complexity index is 1570. The molecule has 0 aliphatic heterocycles. The number of nitrogens with zero attached hydrogens (tertiary/aromatic N) is 1. The van der Waals surface area contributed by atoms with E-state index in [0.29, 0.717) is 0 Å². The molecule has 0 saturated carbocycles. The second-order valence-corrected chi connectivity index (χ2v) is 10.9. The summed E-state index contributed by atoms with van der Waals surface area (Å²) in [6, 6.07) is 19.1. The van der Waals surface area contributed by atoms with Crippen LogP contribution < -0.4 is 0 Å². The van der Waals surface area contributed by atoms with Crippen molar-refractivity contribution in [1.29, 1.82) is 0 Å². The molecule has 0 fully saturated rings. The molecule has 1 aliphatic rings. The topological polar surface area (TPSA) is 50.2 Å². The Balaban J connectivity index is 0.000000444. The van der Waals surface area contributed by atoms with Gasteiger partial charge in [0.2, 0.25) is 0 Å². The molecular formula is C34H36IrNO2-. The summed E-state index contributed by atoms with van der Waals surface area (Å²) >= 11 is 0. The van der Waals surface area contributed by atoms with E-state index in [1.54, 1.807) is 0 Å². The van der Waals surface area contributed by atoms with Crippen molar-refractivity contribution in [3.8, 4) is 22.4 Å². The molecule has 0 atom stereocenters. The number of allylic oxidation sites excluding steroid dienone is 2. The first-order valence-corrected chi connectivity index (χ1v) is 12.8. The number of carbonyl (C=O) groups excluding carboxylic acids is 1. The summed E-state index contributed by atoms with van der Waals surface area (Å²) in [4.78, 5) is 15.3. The van der Waals surface area contributed by atoms with Crippen LogP contribution in [0.25, 0.3) is 33.3 Å². The number of aliphatic hydroxyl groups excluding tert-OH is 1. The Morgan fingerprint density at radius 1 is 0.974 bits per heavy atom. The van der Waals surface area contributed by atoms with Crippen molar-refractivity contribution in [1.82, 2.24) is 4.98 Å². The molecule has 1 radical (unpaired) electrons. The van der Waals surface area contributed by atoms with Gasteiger partial charge in [0.15, 0.2) is 5.78 Å². The molecule has 0 unspecified atom stereocenters. The fourth-order valence-corrected chi connectivity index (χ4v) is 5.66. The third-order valence-electron chi connectivity index (χ3n) is 7.42. The van der Waals surface area contributed by atoms with E-state index in [0.717, 1.165) is 22.3 Å². The van der Waals surface area contributed by atoms with Crippen LogP contribution in [0.1, 0.15) is 66.6 Å². The van der Waals surface area contributed by atoms with Gasteiger partial charge in [-0.05, 0) is 85.3 Å². The Labute approximate surface area is 240 Å². The van der Waals surface area contributed by atoms with Gasteiger partial charge in [0, 0.05) is 37.0 Å². The Hall–Kier alpha value is -3.07. The molecule has 199 valence electrons. The molecule has 1 aliphatic carbocycles. The van der Waals surface area contributed by atoms with E-state index in [1.165, 1.54) is 69.8 Å². The zero-order valence-corrected chi connectivity index (χ0v) is 26.1. The number of fused-ring (bicyclic) bond motifs is 5. The van der Waals surface area contributed by atoms with Crippen molar-refractivity contribution in [2.45, 2.75) is 67.7 Å². The van der Waals surface area contributed by atoms with Crippen molar-refractivity contribution in [3.63, 3.8) is 0 Å². The van der Waals surface area contributed by atoms with Gasteiger partial charge in [-0.25, -0.2) is 0 Å². The van der Waals surface area contributed by atoms with Crippen molar-refractivity contribution < 1.29 is 30.0 Å². The van der Waals surface area contributed by atoms with Crippen LogP contribution in [0.15, 0.2) is 54.3 Å². The van der Waals surface area contributed by atoms with Crippen LogP contribution in [-0.2, 0) is 30.3 Å². The molecule has 38 heavy (non-hydrogen) atoms. The Kier molecular flexibility index (Phi) is 8.51. The summed E-state index contributed by atoms with van der Waals surface area (Å²) in [6.45, 7) is 18.5. The first kappa shape index (κ1) is 29.5. The van der Waals surface area contributed by atoms with Crippen molar-refractivity contribution in [2.24, 2.45) is 0 Å². The number of aryl methyl sites for hydroxylation is 4. The minimum absolute atomic E-state index is 0. The van der Waals surface area contributed by atoms with Crippen LogP contribution in [0.2, 0.25) is 0 Å². The maximum Gasteiger partial charge on any atom is 0.155 e. The Morgan fingerprint density at radius 3 is 2.21 bits per heavy atom. The molecule has 1 aromatic heterocycles. The quantitative estimate of drug-likeness (QED) is 0.131. The molecule has 4 heteroatoms. The minimum atomic E-state index is -0.125. The van der Waals surface area contributed by atoms with Crippen LogP contribution in [0.3, 0.4) is 0 Å². The van der Waals surface area contributed by atoms with Crippen LogP contribution in [0.5, 0.6) is 0 Å². The average molecular weight is 683 g/mol. The molecule has 0 amide bonds. The van der Waals surface area contributed by atoms with Crippen LogP contribution in [0.4, 0.5) is 0 Å². The predicted molar refractivity (Wildman–Crippen MR) is 154 cm³/mol. The molecule has 0 saturated heterocycles. The summed E-state index contributed by atoms with van der Waals surface area (Å²) in [5.74, 6) is -0.0625. The molecule has 0 spiro atoms. The number of benzene rings is 3. The zero-order valence-electron chi connectivity index (χ0n) is 23.8. The van der Waals surface area contributed by atoms with Gasteiger partial charge < -0.3 is 5.11 Å². The number of pyridine rings is 1. The summed E-state index contributed by atoms with van der Waals surface area (Å²) in [7, 11) is 0. The number of carbonyl (C=O) groups is 1. The predicted octanol–water partition coefficient (Wildman–Crippen LogP) is 8.59. The third-order valence-corrected chi connectivity index (χ3v) is 7.42. The molecule has 3 aromatic carbocycles. The second kappa shape index (κ2) is 11.0. The van der Waals surface area contributed by atoms with E-state index < -0.39 is 0 Å². The van der Waals surface area contributed by atoms with Crippen LogP contribution in [0, 0.1) is 40.7 Å². The van der Waals surface area contributed by atoms with Gasteiger partial charge in [0.25, 0.3) is 0 Å². The van der Waals surface area contributed by atoms with Crippen LogP contribution >= 0.6 is 0 Å². The fraction of sp³-hybridized carbons (Fsp3) is 0.294. The van der Waals surface area contributed by atoms with Gasteiger partial charge in [0.05, 0.1) is 11.3 Å². The molecule has 4 aromatic rings. The smallest absolute Gasteiger partial charge is 0.155 e. The maximum absolute atomic E-state index is 10.0. The van der Waals surface area contributed by atoms with E-state index >= 15 is 0 Å². The van der Waals surface area contributed by atoms with E-state index in [1.807, 2.05) is 0 Å². The first-order chi connectivity index (χ1) is 17.3. The number of hydrogen-bond acceptors (Lipinski definition) is 3. The minimum Gasteiger partial charge on any atom is -0.512 e. The monoisotopic (exact) mass is 683 g/mol. The molecule has 1 N–H and O–H groups in total. The second-order valence-electron chi connectivity index (χ2n) is 10.9. The first-order valence-electron chi connectivity index (χ1n) is 12.8. The van der Waals surface area contributed by atoms with E-state index in [2.05, 4.69) is 97.0 Å². The molecule has 5 rings (SSSR count). The molecule has 3 nitrogen and oxygen atoms in total. The number of aliphatic hydroxyl groups is 1. The van der Waals surface area contributed by atoms with Gasteiger partial charge >= 0.3 is 0 Å². The van der Waals surface area contributed by atoms with Crippen molar-refractivity contribution in [2.75, 3.05) is 0 Å². The normalized spacial score (nSPS) is 13.2. The van der Waals surface area contributed by atoms with E-state index in [9.17, 15) is 4.79 Å². The number of aromatic nitrogens is 1. The number of rotatable bonds is 2. The molecule has 1 heterocycles. The van der Waals surface area contributed by atoms with Gasteiger partial charge in [-0.3, -0.25) is 9.78 Å². The number of hydrogen-bond donors (Lipinski definition) is 1. The van der Waals surface area contributed by atoms with Gasteiger partial charge in [-0.2, -0.15) is 0 Å². The average Bonchev–Trinajstić information content (AvgIpc) is 3.03. The van der Waals surface area contributed by atoms with Gasteiger partial charge in [-0.15, -0.1) is 34.9 Å². The van der Waals surface area contributed by atoms with Gasteiger partial charge in [0.1, 0.15) is 0 Å². The summed E-state index contributed by atoms with van der Waals surface area (Å²) in [5.41, 5.74) is 15.0. The summed E-state index contributed by atoms with van der Waals surface area (Å²) in [6.07, 6.45) is 1.17. The van der Waals surface area contributed by atoms with Crippen LogP contribution in [-0.4, -0.2) is 15.9 Å². The summed E-state index contributed by atoms with van der Waals surface area (Å²) < 4.78 is 0. The van der Waals surface area contributed by atoms with Crippen molar-refractivity contribution >= 4 is 16.7 Å². The zero-order chi connectivity index (χ0) is 27.2. The van der Waals surface area contributed by atoms with E-state index in [4.69, 9.17) is 10.1 Å². The third kappa shape index (κ3) is 5.25. The largest absolute Gasteiger partial charge is 0.512 e. The SMILES string of the molecule is CC(=O)/C=C(/C)O.Cc1[c-]c(-c2nc3cc(C)c(C)c(C)c3c3c2-c2ccccc2C3(C)C)cc(C)c1.[Ir]. The fourth-order valence-electron chi connectivity index (χ4n) is 5.66. The Morgan fingerprint density at radius 2 is 1.63 bits per heavy atom. The van der Waals surface area contributed by atoms with Crippen molar-refractivity contribution in [3.05, 3.63) is 99.3 Å². The van der Waals surface area contributed by atoms with E-state index in [-0.39, 0.29) is 37.1 Å². The van der Waals surface area contributed by atoms with Gasteiger partial charge in [-0.1, -0.05) is 52.0 Å². The number of ketones is 1. The standard InChI is InChI=1S/C29H28N.C5H8O2.Ir/c1-16-12-17(2)14-21(13-16)28-26-22-10-8-9-11-23(22)29(6,7)27(26)25-20(5)19(4)18(3)15-24(25)30-28;1-4(6)3-5(2)7;/h8-13,15H,1-7H3;3,6H,1-2H3;/q-1;;/b;4-3-;.